The minimum atomic E-state index is 0.528. The minimum absolute atomic E-state index is 0.528. The van der Waals surface area contributed by atoms with E-state index in [9.17, 15) is 0 Å². The summed E-state index contributed by atoms with van der Waals surface area (Å²) in [5.41, 5.74) is 2.10. The number of methoxy groups -OCH3 is 2. The highest BCUT2D eigenvalue weighted by atomic mass is 32.1. The summed E-state index contributed by atoms with van der Waals surface area (Å²) in [6.45, 7) is 4.23. The number of ether oxygens (including phenoxy) is 2. The van der Waals surface area contributed by atoms with Crippen LogP contribution < -0.4 is 20.1 Å². The third kappa shape index (κ3) is 5.84. The van der Waals surface area contributed by atoms with Gasteiger partial charge in [0, 0.05) is 31.1 Å². The van der Waals surface area contributed by atoms with Crippen LogP contribution in [0.15, 0.2) is 47.5 Å². The average Bonchev–Trinajstić information content (AvgIpc) is 3.17. The van der Waals surface area contributed by atoms with E-state index in [0.717, 1.165) is 54.5 Å². The molecule has 7 heteroatoms. The smallest absolute Gasteiger partial charge is 0.191 e. The summed E-state index contributed by atoms with van der Waals surface area (Å²) in [6.07, 6.45) is 1.95. The van der Waals surface area contributed by atoms with Crippen LogP contribution >= 0.6 is 11.3 Å². The predicted molar refractivity (Wildman–Crippen MR) is 120 cm³/mol. The molecule has 0 aliphatic heterocycles. The average molecular weight is 413 g/mol. The number of aromatic nitrogens is 1. The SMILES string of the molecule is CCNC(=NCc1ccc(OC)cc1OC)NCCCc1nc2ccccc2s1. The fraction of sp³-hybridized carbons (Fsp3) is 0.364. The normalized spacial score (nSPS) is 11.5. The highest BCUT2D eigenvalue weighted by molar-refractivity contribution is 7.18. The Kier molecular flexibility index (Phi) is 7.69. The Morgan fingerprint density at radius 3 is 2.72 bits per heavy atom. The fourth-order valence-corrected chi connectivity index (χ4v) is 3.97. The number of thiazole rings is 1. The van der Waals surface area contributed by atoms with E-state index in [1.165, 1.54) is 9.71 Å². The number of rotatable bonds is 9. The highest BCUT2D eigenvalue weighted by Crippen LogP contribution is 2.25. The van der Waals surface area contributed by atoms with Crippen molar-refractivity contribution in [2.24, 2.45) is 4.99 Å². The number of hydrogen-bond donors (Lipinski definition) is 2. The molecule has 0 fully saturated rings. The van der Waals surface area contributed by atoms with E-state index < -0.39 is 0 Å². The lowest BCUT2D eigenvalue weighted by Gasteiger charge is -2.12. The van der Waals surface area contributed by atoms with Gasteiger partial charge < -0.3 is 20.1 Å². The van der Waals surface area contributed by atoms with Crippen molar-refractivity contribution >= 4 is 27.5 Å². The van der Waals surface area contributed by atoms with Crippen LogP contribution in [-0.4, -0.2) is 38.3 Å². The van der Waals surface area contributed by atoms with Gasteiger partial charge in [0.05, 0.1) is 36.0 Å². The molecule has 0 spiro atoms. The van der Waals surface area contributed by atoms with Gasteiger partial charge in [-0.1, -0.05) is 12.1 Å². The number of fused-ring (bicyclic) bond motifs is 1. The van der Waals surface area contributed by atoms with Gasteiger partial charge >= 0.3 is 0 Å². The van der Waals surface area contributed by atoms with Crippen molar-refractivity contribution in [1.82, 2.24) is 15.6 Å². The van der Waals surface area contributed by atoms with Gasteiger partial charge in [0.25, 0.3) is 0 Å². The maximum absolute atomic E-state index is 5.46. The second kappa shape index (κ2) is 10.7. The van der Waals surface area contributed by atoms with E-state index in [0.29, 0.717) is 6.54 Å². The maximum Gasteiger partial charge on any atom is 0.191 e. The van der Waals surface area contributed by atoms with Crippen molar-refractivity contribution < 1.29 is 9.47 Å². The zero-order valence-corrected chi connectivity index (χ0v) is 18.0. The molecule has 0 bridgehead atoms. The maximum atomic E-state index is 5.46. The van der Waals surface area contributed by atoms with Crippen molar-refractivity contribution in [3.63, 3.8) is 0 Å². The zero-order chi connectivity index (χ0) is 20.5. The predicted octanol–water partition coefficient (Wildman–Crippen LogP) is 4.00. The number of nitrogens with zero attached hydrogens (tertiary/aromatic N) is 2. The van der Waals surface area contributed by atoms with Gasteiger partial charge in [0.15, 0.2) is 5.96 Å². The number of hydrogen-bond acceptors (Lipinski definition) is 5. The first-order valence-corrected chi connectivity index (χ1v) is 10.6. The van der Waals surface area contributed by atoms with Crippen molar-refractivity contribution in [3.05, 3.63) is 53.0 Å². The molecule has 3 rings (SSSR count). The van der Waals surface area contributed by atoms with Gasteiger partial charge in [-0.25, -0.2) is 9.98 Å². The standard InChI is InChI=1S/C22H28N4O2S/c1-4-23-22(25-15-16-11-12-17(27-2)14-19(16)28-3)24-13-7-10-21-26-18-8-5-6-9-20(18)29-21/h5-6,8-9,11-12,14H,4,7,10,13,15H2,1-3H3,(H2,23,24,25). The van der Waals surface area contributed by atoms with Crippen molar-refractivity contribution in [3.8, 4) is 11.5 Å². The molecule has 0 radical (unpaired) electrons. The number of para-hydroxylation sites is 1. The molecule has 29 heavy (non-hydrogen) atoms. The third-order valence-electron chi connectivity index (χ3n) is 4.44. The van der Waals surface area contributed by atoms with Crippen LogP contribution in [0.3, 0.4) is 0 Å². The van der Waals surface area contributed by atoms with Crippen LogP contribution in [0, 0.1) is 0 Å². The Balaban J connectivity index is 1.54. The van der Waals surface area contributed by atoms with Gasteiger partial charge in [-0.2, -0.15) is 0 Å². The van der Waals surface area contributed by atoms with E-state index in [-0.39, 0.29) is 0 Å². The second-order valence-electron chi connectivity index (χ2n) is 6.48. The third-order valence-corrected chi connectivity index (χ3v) is 5.54. The topological polar surface area (TPSA) is 67.8 Å². The van der Waals surface area contributed by atoms with E-state index >= 15 is 0 Å². The molecule has 2 N–H and O–H groups in total. The number of guanidine groups is 1. The molecule has 6 nitrogen and oxygen atoms in total. The number of benzene rings is 2. The number of aryl methyl sites for hydroxylation is 1. The molecule has 0 aliphatic rings. The summed E-state index contributed by atoms with van der Waals surface area (Å²) < 4.78 is 12.0. The molecule has 2 aromatic carbocycles. The van der Waals surface area contributed by atoms with Crippen LogP contribution in [0.1, 0.15) is 23.9 Å². The molecule has 3 aromatic rings. The molecule has 1 aromatic heterocycles. The van der Waals surface area contributed by atoms with E-state index in [1.807, 2.05) is 24.3 Å². The summed E-state index contributed by atoms with van der Waals surface area (Å²) in [7, 11) is 3.31. The molecular formula is C22H28N4O2S. The van der Waals surface area contributed by atoms with Crippen molar-refractivity contribution in [2.75, 3.05) is 27.3 Å². The van der Waals surface area contributed by atoms with Gasteiger partial charge in [0.1, 0.15) is 11.5 Å². The minimum Gasteiger partial charge on any atom is -0.497 e. The Labute approximate surface area is 176 Å². The molecule has 0 atom stereocenters. The fourth-order valence-electron chi connectivity index (χ4n) is 2.96. The highest BCUT2D eigenvalue weighted by Gasteiger charge is 2.06. The van der Waals surface area contributed by atoms with Crippen LogP contribution in [0.2, 0.25) is 0 Å². The lowest BCUT2D eigenvalue weighted by atomic mass is 10.2. The molecule has 0 saturated carbocycles. The summed E-state index contributed by atoms with van der Waals surface area (Å²) in [6, 6.07) is 14.1. The zero-order valence-electron chi connectivity index (χ0n) is 17.2. The molecule has 1 heterocycles. The lowest BCUT2D eigenvalue weighted by molar-refractivity contribution is 0.391. The molecule has 0 amide bonds. The van der Waals surface area contributed by atoms with Crippen LogP contribution in [0.4, 0.5) is 0 Å². The molecular weight excluding hydrogens is 384 g/mol. The molecule has 0 unspecified atom stereocenters. The first kappa shape index (κ1) is 20.9. The summed E-state index contributed by atoms with van der Waals surface area (Å²) >= 11 is 1.77. The van der Waals surface area contributed by atoms with Gasteiger partial charge in [0.2, 0.25) is 0 Å². The molecule has 0 aliphatic carbocycles. The lowest BCUT2D eigenvalue weighted by Crippen LogP contribution is -2.37. The number of aliphatic imine (C=N–C) groups is 1. The molecule has 154 valence electrons. The Morgan fingerprint density at radius 1 is 1.10 bits per heavy atom. The van der Waals surface area contributed by atoms with Gasteiger partial charge in [-0.05, 0) is 37.6 Å². The first-order valence-electron chi connectivity index (χ1n) is 9.81. The second-order valence-corrected chi connectivity index (χ2v) is 7.59. The monoisotopic (exact) mass is 412 g/mol. The van der Waals surface area contributed by atoms with E-state index in [1.54, 1.807) is 25.6 Å². The largest absolute Gasteiger partial charge is 0.497 e. The van der Waals surface area contributed by atoms with Crippen molar-refractivity contribution in [2.45, 2.75) is 26.3 Å². The van der Waals surface area contributed by atoms with Crippen molar-refractivity contribution in [1.29, 1.82) is 0 Å². The summed E-state index contributed by atoms with van der Waals surface area (Å²) in [5, 5.41) is 7.88. The number of nitrogens with one attached hydrogen (secondary N) is 2. The van der Waals surface area contributed by atoms with Gasteiger partial charge in [-0.3, -0.25) is 0 Å². The Bertz CT molecular complexity index is 922. The van der Waals surface area contributed by atoms with E-state index in [4.69, 9.17) is 14.5 Å². The van der Waals surface area contributed by atoms with Crippen LogP contribution in [-0.2, 0) is 13.0 Å². The summed E-state index contributed by atoms with van der Waals surface area (Å²) in [4.78, 5) is 9.38. The van der Waals surface area contributed by atoms with Gasteiger partial charge in [-0.15, -0.1) is 11.3 Å². The Morgan fingerprint density at radius 2 is 1.97 bits per heavy atom. The summed E-state index contributed by atoms with van der Waals surface area (Å²) in [5.74, 6) is 2.35. The Hall–Kier alpha value is -2.80. The molecule has 0 saturated heterocycles. The first-order chi connectivity index (χ1) is 14.2. The van der Waals surface area contributed by atoms with E-state index in [2.05, 4.69) is 40.7 Å². The van der Waals surface area contributed by atoms with Crippen LogP contribution in [0.5, 0.6) is 11.5 Å². The quantitative estimate of drug-likeness (QED) is 0.316. The van der Waals surface area contributed by atoms with Crippen LogP contribution in [0.25, 0.3) is 10.2 Å².